The zero-order chi connectivity index (χ0) is 13.1. The van der Waals surface area contributed by atoms with Gasteiger partial charge in [-0.05, 0) is 31.9 Å². The van der Waals surface area contributed by atoms with Gasteiger partial charge in [-0.1, -0.05) is 6.07 Å². The highest BCUT2D eigenvalue weighted by Gasteiger charge is 2.31. The van der Waals surface area contributed by atoms with Crippen molar-refractivity contribution in [2.45, 2.75) is 38.3 Å². The van der Waals surface area contributed by atoms with Crippen molar-refractivity contribution in [3.8, 4) is 6.07 Å². The van der Waals surface area contributed by atoms with Crippen LogP contribution in [0, 0.1) is 17.1 Å². The minimum atomic E-state index is -0.343. The van der Waals surface area contributed by atoms with Crippen LogP contribution >= 0.6 is 0 Å². The van der Waals surface area contributed by atoms with E-state index in [1.54, 1.807) is 13.0 Å². The lowest BCUT2D eigenvalue weighted by molar-refractivity contribution is 0.591. The summed E-state index contributed by atoms with van der Waals surface area (Å²) in [6.45, 7) is 2.43. The molecule has 18 heavy (non-hydrogen) atoms. The number of hydrogen-bond acceptors (Lipinski definition) is 3. The highest BCUT2D eigenvalue weighted by atomic mass is 19.1. The van der Waals surface area contributed by atoms with Gasteiger partial charge < -0.3 is 10.6 Å². The number of anilines is 1. The number of benzene rings is 1. The van der Waals surface area contributed by atoms with E-state index >= 15 is 0 Å². The van der Waals surface area contributed by atoms with Crippen LogP contribution in [0.25, 0.3) is 0 Å². The average molecular weight is 247 g/mol. The molecule has 4 heteroatoms. The first-order valence-electron chi connectivity index (χ1n) is 6.32. The molecule has 0 aliphatic heterocycles. The zero-order valence-electron chi connectivity index (χ0n) is 10.6. The highest BCUT2D eigenvalue weighted by Crippen LogP contribution is 2.36. The second-order valence-electron chi connectivity index (χ2n) is 4.79. The maximum Gasteiger partial charge on any atom is 0.130 e. The predicted octanol–water partition coefficient (Wildman–Crippen LogP) is 2.73. The van der Waals surface area contributed by atoms with Gasteiger partial charge >= 0.3 is 0 Å². The monoisotopic (exact) mass is 247 g/mol. The highest BCUT2D eigenvalue weighted by molar-refractivity contribution is 5.57. The third kappa shape index (κ3) is 2.62. The Morgan fingerprint density at radius 3 is 2.83 bits per heavy atom. The van der Waals surface area contributed by atoms with E-state index in [1.165, 1.54) is 6.07 Å². The molecule has 0 amide bonds. The first kappa shape index (κ1) is 12.8. The summed E-state index contributed by atoms with van der Waals surface area (Å²) < 4.78 is 13.9. The molecule has 1 aliphatic carbocycles. The maximum atomic E-state index is 13.9. The molecule has 2 rings (SSSR count). The molecule has 0 saturated heterocycles. The van der Waals surface area contributed by atoms with Crippen molar-refractivity contribution in [2.75, 3.05) is 11.4 Å². The molecule has 0 radical (unpaired) electrons. The minimum Gasteiger partial charge on any atom is -0.367 e. The molecular weight excluding hydrogens is 229 g/mol. The Morgan fingerprint density at radius 2 is 2.28 bits per heavy atom. The van der Waals surface area contributed by atoms with Gasteiger partial charge in [-0.2, -0.15) is 5.26 Å². The molecule has 1 saturated carbocycles. The second kappa shape index (κ2) is 5.36. The molecule has 96 valence electrons. The van der Waals surface area contributed by atoms with Crippen LogP contribution in [0.15, 0.2) is 18.2 Å². The van der Waals surface area contributed by atoms with Crippen molar-refractivity contribution in [2.24, 2.45) is 5.73 Å². The van der Waals surface area contributed by atoms with Crippen molar-refractivity contribution in [3.63, 3.8) is 0 Å². The summed E-state index contributed by atoms with van der Waals surface area (Å²) in [6, 6.07) is 7.30. The molecule has 1 fully saturated rings. The smallest absolute Gasteiger partial charge is 0.130 e. The van der Waals surface area contributed by atoms with Crippen LogP contribution in [0.5, 0.6) is 0 Å². The van der Waals surface area contributed by atoms with Crippen molar-refractivity contribution in [1.29, 1.82) is 5.26 Å². The van der Waals surface area contributed by atoms with Gasteiger partial charge in [-0.15, -0.1) is 0 Å². The third-order valence-corrected chi connectivity index (χ3v) is 3.25. The summed E-state index contributed by atoms with van der Waals surface area (Å²) in [5.41, 5.74) is 7.28. The standard InChI is InChI=1S/C14H18FN3/c1-10(17)14-12(15)4-2-5-13(14)18(9-3-8-16)11-6-7-11/h2,4-5,10-11H,3,6-7,9,17H2,1H3/t10-/m1/s1. The minimum absolute atomic E-state index is 0.259. The maximum absolute atomic E-state index is 13.9. The van der Waals surface area contributed by atoms with Gasteiger partial charge in [-0.25, -0.2) is 4.39 Å². The third-order valence-electron chi connectivity index (χ3n) is 3.25. The van der Waals surface area contributed by atoms with Gasteiger partial charge in [0.15, 0.2) is 0 Å². The summed E-state index contributed by atoms with van der Waals surface area (Å²) in [6.07, 6.45) is 2.67. The van der Waals surface area contributed by atoms with Gasteiger partial charge in [0.25, 0.3) is 0 Å². The fourth-order valence-corrected chi connectivity index (χ4v) is 2.28. The largest absolute Gasteiger partial charge is 0.367 e. The predicted molar refractivity (Wildman–Crippen MR) is 69.6 cm³/mol. The van der Waals surface area contributed by atoms with Crippen molar-refractivity contribution >= 4 is 5.69 Å². The molecule has 0 unspecified atom stereocenters. The molecule has 3 nitrogen and oxygen atoms in total. The summed E-state index contributed by atoms with van der Waals surface area (Å²) >= 11 is 0. The Kier molecular flexibility index (Phi) is 3.83. The molecule has 0 heterocycles. The second-order valence-corrected chi connectivity index (χ2v) is 4.79. The van der Waals surface area contributed by atoms with Gasteiger partial charge in [0.1, 0.15) is 5.82 Å². The number of nitriles is 1. The summed E-state index contributed by atoms with van der Waals surface area (Å²) in [4.78, 5) is 2.13. The number of halogens is 1. The molecule has 1 aliphatic rings. The Bertz CT molecular complexity index is 461. The van der Waals surface area contributed by atoms with Crippen LogP contribution in [0.4, 0.5) is 10.1 Å². The summed E-state index contributed by atoms with van der Waals surface area (Å²) in [5, 5.41) is 8.72. The van der Waals surface area contributed by atoms with E-state index in [0.717, 1.165) is 18.5 Å². The summed E-state index contributed by atoms with van der Waals surface area (Å²) in [7, 11) is 0. The zero-order valence-corrected chi connectivity index (χ0v) is 10.6. The molecule has 0 bridgehead atoms. The Balaban J connectivity index is 2.34. The topological polar surface area (TPSA) is 53.0 Å². The fraction of sp³-hybridized carbons (Fsp3) is 0.500. The van der Waals surface area contributed by atoms with E-state index in [0.29, 0.717) is 24.6 Å². The lowest BCUT2D eigenvalue weighted by Gasteiger charge is -2.27. The first-order chi connectivity index (χ1) is 8.65. The van der Waals surface area contributed by atoms with Crippen molar-refractivity contribution in [1.82, 2.24) is 0 Å². The van der Waals surface area contributed by atoms with Crippen LogP contribution in [0.1, 0.15) is 37.8 Å². The van der Waals surface area contributed by atoms with Crippen LogP contribution in [0.2, 0.25) is 0 Å². The Hall–Kier alpha value is -1.60. The fourth-order valence-electron chi connectivity index (χ4n) is 2.28. The van der Waals surface area contributed by atoms with E-state index in [2.05, 4.69) is 11.0 Å². The first-order valence-corrected chi connectivity index (χ1v) is 6.32. The quantitative estimate of drug-likeness (QED) is 0.870. The van der Waals surface area contributed by atoms with E-state index < -0.39 is 0 Å². The molecule has 0 spiro atoms. The molecule has 0 aromatic heterocycles. The van der Waals surface area contributed by atoms with E-state index in [-0.39, 0.29) is 11.9 Å². The normalized spacial score (nSPS) is 16.1. The number of rotatable bonds is 5. The van der Waals surface area contributed by atoms with Crippen LogP contribution in [-0.2, 0) is 0 Å². The average Bonchev–Trinajstić information content (AvgIpc) is 3.13. The number of nitrogens with two attached hydrogens (primary N) is 1. The Morgan fingerprint density at radius 1 is 1.56 bits per heavy atom. The molecule has 1 aromatic carbocycles. The van der Waals surface area contributed by atoms with Crippen LogP contribution < -0.4 is 10.6 Å². The van der Waals surface area contributed by atoms with Gasteiger partial charge in [-0.3, -0.25) is 0 Å². The molecule has 2 N–H and O–H groups in total. The van der Waals surface area contributed by atoms with E-state index in [9.17, 15) is 4.39 Å². The van der Waals surface area contributed by atoms with E-state index in [1.807, 2.05) is 6.07 Å². The lowest BCUT2D eigenvalue weighted by atomic mass is 10.0. The number of hydrogen-bond donors (Lipinski definition) is 1. The van der Waals surface area contributed by atoms with Crippen LogP contribution in [-0.4, -0.2) is 12.6 Å². The SMILES string of the molecule is C[C@@H](N)c1c(F)cccc1N(CCC#N)C1CC1. The number of nitrogens with zero attached hydrogens (tertiary/aromatic N) is 2. The Labute approximate surface area is 107 Å². The lowest BCUT2D eigenvalue weighted by Crippen LogP contribution is -2.29. The molecule has 1 atom stereocenters. The van der Waals surface area contributed by atoms with Gasteiger partial charge in [0.05, 0.1) is 12.5 Å². The van der Waals surface area contributed by atoms with Crippen molar-refractivity contribution in [3.05, 3.63) is 29.6 Å². The molecule has 1 aromatic rings. The van der Waals surface area contributed by atoms with Gasteiger partial charge in [0.2, 0.25) is 0 Å². The van der Waals surface area contributed by atoms with Gasteiger partial charge in [0, 0.05) is 29.9 Å². The van der Waals surface area contributed by atoms with Crippen molar-refractivity contribution < 1.29 is 4.39 Å². The van der Waals surface area contributed by atoms with Crippen LogP contribution in [0.3, 0.4) is 0 Å². The van der Waals surface area contributed by atoms with E-state index in [4.69, 9.17) is 11.0 Å². The molecular formula is C14H18FN3. The summed E-state index contributed by atoms with van der Waals surface area (Å²) in [5.74, 6) is -0.259.